The van der Waals surface area contributed by atoms with Crippen molar-refractivity contribution in [3.63, 3.8) is 0 Å². The fourth-order valence-electron chi connectivity index (χ4n) is 8.54. The quantitative estimate of drug-likeness (QED) is 0.0549. The summed E-state index contributed by atoms with van der Waals surface area (Å²) in [5.74, 6) is 4.43. The van der Waals surface area contributed by atoms with Crippen molar-refractivity contribution in [1.29, 1.82) is 0 Å². The predicted molar refractivity (Wildman–Crippen MR) is 329 cm³/mol. The minimum atomic E-state index is -0.998. The van der Waals surface area contributed by atoms with Crippen LogP contribution in [0.15, 0.2) is 78.9 Å². The van der Waals surface area contributed by atoms with Gasteiger partial charge in [-0.1, -0.05) is 0 Å². The van der Waals surface area contributed by atoms with Gasteiger partial charge in [0.1, 0.15) is 110 Å². The number of phenols is 1. The van der Waals surface area contributed by atoms with Crippen LogP contribution in [0.5, 0.6) is 69.0 Å². The van der Waals surface area contributed by atoms with Crippen molar-refractivity contribution in [3.8, 4) is 69.0 Å². The van der Waals surface area contributed by atoms with E-state index in [4.69, 9.17) is 76.2 Å². The van der Waals surface area contributed by atoms with Crippen molar-refractivity contribution >= 4 is 36.4 Å². The number of carbonyl (C=O) groups excluding carboxylic acids is 5. The van der Waals surface area contributed by atoms with Gasteiger partial charge in [0.2, 0.25) is 0 Å². The van der Waals surface area contributed by atoms with Gasteiger partial charge >= 0.3 is 23.9 Å². The predicted octanol–water partition coefficient (Wildman–Crippen LogP) is 11.2. The van der Waals surface area contributed by atoms with Gasteiger partial charge in [-0.05, 0) is 131 Å². The number of aromatic hydroxyl groups is 1. The Labute approximate surface area is 514 Å². The number of cyclic esters (lactones) is 2. The molecule has 22 heteroatoms. The summed E-state index contributed by atoms with van der Waals surface area (Å²) in [6.07, 6.45) is 2.57. The molecule has 2 aliphatic rings. The maximum atomic E-state index is 11.7. The molecular formula is C66H82O22. The number of aromatic carboxylic acids is 1. The molecule has 6 aromatic carbocycles. The van der Waals surface area contributed by atoms with E-state index in [2.05, 4.69) is 0 Å². The summed E-state index contributed by atoms with van der Waals surface area (Å²) in [7, 11) is 17.1. The number of esters is 3. The Morgan fingerprint density at radius 2 is 0.841 bits per heavy atom. The first-order chi connectivity index (χ1) is 41.9. The number of aldehydes is 2. The lowest BCUT2D eigenvalue weighted by molar-refractivity contribution is -0.106. The second-order valence-corrected chi connectivity index (χ2v) is 18.8. The first-order valence-corrected chi connectivity index (χ1v) is 27.1. The normalized spacial score (nSPS) is 12.7. The number of ether oxygens (including phenoxy) is 14. The van der Waals surface area contributed by atoms with Crippen LogP contribution >= 0.6 is 0 Å². The monoisotopic (exact) mass is 1230 g/mol. The van der Waals surface area contributed by atoms with Gasteiger partial charge in [0.25, 0.3) is 0 Å². The minimum absolute atomic E-state index is 0.0822. The molecule has 0 saturated heterocycles. The lowest BCUT2D eigenvalue weighted by Gasteiger charge is -2.23. The molecule has 2 heterocycles. The molecule has 0 saturated carbocycles. The SMILES string of the molecule is CC=O.CCOC(=O)c1c(C)cc(OC)cc1OC.COc1cc(C)c(C(=O)O)c(OC)c1.COc1cc(C)c(C=O)c(OC)c1.COc1cc(C)cc(OC)c1.COc1cc(O)c2c(c1)CC(C)OC2=O.COc1cc2c(c(OC)c1)C(=O)OC(C)C2. The lowest BCUT2D eigenvalue weighted by Crippen LogP contribution is -2.25. The van der Waals surface area contributed by atoms with E-state index in [-0.39, 0.29) is 41.0 Å². The standard InChI is InChI=1S/C12H14O4.C12H16O4.C11H12O4.C10H12O4.C10H12O3.C9H12O2.C2H4O/c1-7-4-8-5-9(14-2)6-10(15-3)11(8)12(13)16-7;1-5-16-12(13)11-8(2)6-9(14-3)7-10(11)15-4;1-6-3-7-4-8(14-2)5-9(12)10(7)11(13)15-6;1-6-4-7(13-2)5-8(14-3)9(6)10(11)12;1-7-4-8(12-2)5-10(13-3)9(7)6-11;1-7-4-8(10-2)6-9(5-7)11-3;1-2-3/h5-7H,4H2,1-3H3;6-7H,5H2,1-4H3;4-6,12H,3H2,1-2H3;4-5H,1-3H3,(H,11,12);4-6H,1-3H3;4-6H,1-3H3;2H,1H3. The van der Waals surface area contributed by atoms with E-state index in [1.54, 1.807) is 97.9 Å². The molecule has 22 nitrogen and oxygen atoms in total. The summed E-state index contributed by atoms with van der Waals surface area (Å²) in [6, 6.07) is 22.6. The zero-order valence-corrected chi connectivity index (χ0v) is 53.5. The average Bonchev–Trinajstić information content (AvgIpc) is 3.34. The van der Waals surface area contributed by atoms with Gasteiger partial charge in [-0.15, -0.1) is 0 Å². The number of carbonyl (C=O) groups is 6. The molecule has 8 rings (SSSR count). The highest BCUT2D eigenvalue weighted by molar-refractivity contribution is 5.97. The van der Waals surface area contributed by atoms with E-state index in [1.165, 1.54) is 55.6 Å². The highest BCUT2D eigenvalue weighted by Gasteiger charge is 2.29. The number of hydrogen-bond donors (Lipinski definition) is 2. The van der Waals surface area contributed by atoms with Crippen molar-refractivity contribution in [2.45, 2.75) is 80.4 Å². The fourth-order valence-corrected chi connectivity index (χ4v) is 8.54. The van der Waals surface area contributed by atoms with Crippen molar-refractivity contribution in [2.75, 3.05) is 84.8 Å². The van der Waals surface area contributed by atoms with Crippen LogP contribution in [0.2, 0.25) is 0 Å². The number of rotatable bonds is 15. The molecule has 0 aliphatic carbocycles. The molecule has 0 radical (unpaired) electrons. The van der Waals surface area contributed by atoms with Crippen molar-refractivity contribution < 1.29 is 105 Å². The number of methoxy groups -OCH3 is 11. The summed E-state index contributed by atoms with van der Waals surface area (Å²) < 4.78 is 70.9. The summed E-state index contributed by atoms with van der Waals surface area (Å²) >= 11 is 0. The second-order valence-electron chi connectivity index (χ2n) is 18.8. The second kappa shape index (κ2) is 37.5. The number of aryl methyl sites for hydroxylation is 4. The topological polar surface area (TPSA) is 272 Å². The largest absolute Gasteiger partial charge is 0.507 e. The molecule has 0 spiro atoms. The van der Waals surface area contributed by atoms with Crippen molar-refractivity contribution in [3.05, 3.63) is 140 Å². The number of phenolic OH excluding ortho intramolecular Hbond substituents is 1. The first-order valence-electron chi connectivity index (χ1n) is 27.1. The van der Waals surface area contributed by atoms with Crippen LogP contribution < -0.4 is 52.1 Å². The van der Waals surface area contributed by atoms with Gasteiger partial charge in [0.05, 0.1) is 90.4 Å². The maximum absolute atomic E-state index is 11.7. The minimum Gasteiger partial charge on any atom is -0.507 e. The lowest BCUT2D eigenvalue weighted by atomic mass is 9.98. The van der Waals surface area contributed by atoms with E-state index >= 15 is 0 Å². The van der Waals surface area contributed by atoms with Gasteiger partial charge in [-0.2, -0.15) is 0 Å². The Balaban J connectivity index is 0.000000358. The summed E-state index contributed by atoms with van der Waals surface area (Å²) in [4.78, 5) is 65.3. The van der Waals surface area contributed by atoms with Crippen LogP contribution in [0.25, 0.3) is 0 Å². The van der Waals surface area contributed by atoms with Gasteiger partial charge in [0, 0.05) is 49.2 Å². The van der Waals surface area contributed by atoms with Crippen molar-refractivity contribution in [1.82, 2.24) is 0 Å². The smallest absolute Gasteiger partial charge is 0.342 e. The number of hydrogen-bond acceptors (Lipinski definition) is 21. The molecular weight excluding hydrogens is 1140 g/mol. The number of carboxylic acids is 1. The Bertz CT molecular complexity index is 3270. The van der Waals surface area contributed by atoms with Gasteiger partial charge in [0.15, 0.2) is 6.29 Å². The zero-order chi connectivity index (χ0) is 66.4. The molecule has 6 aromatic rings. The molecule has 478 valence electrons. The first kappa shape index (κ1) is 74.2. The average molecular weight is 1230 g/mol. The zero-order valence-electron chi connectivity index (χ0n) is 53.5. The van der Waals surface area contributed by atoms with Crippen LogP contribution in [0, 0.1) is 27.7 Å². The van der Waals surface area contributed by atoms with Gasteiger partial charge in [-0.25, -0.2) is 19.2 Å². The van der Waals surface area contributed by atoms with Crippen LogP contribution in [-0.2, 0) is 31.8 Å². The molecule has 2 atom stereocenters. The molecule has 0 amide bonds. The fraction of sp³-hybridized carbons (Fsp3) is 0.364. The third-order valence-electron chi connectivity index (χ3n) is 12.6. The van der Waals surface area contributed by atoms with Crippen LogP contribution in [-0.4, -0.2) is 144 Å². The van der Waals surface area contributed by atoms with E-state index in [0.29, 0.717) is 93.4 Å². The van der Waals surface area contributed by atoms with Crippen LogP contribution in [0.1, 0.15) is 113 Å². The molecule has 2 N–H and O–H groups in total. The maximum Gasteiger partial charge on any atom is 0.342 e. The third kappa shape index (κ3) is 21.6. The van der Waals surface area contributed by atoms with Gasteiger partial charge < -0.3 is 81.3 Å². The molecule has 0 fully saturated rings. The van der Waals surface area contributed by atoms with E-state index < -0.39 is 11.9 Å². The molecule has 88 heavy (non-hydrogen) atoms. The molecule has 2 unspecified atom stereocenters. The Kier molecular flexibility index (Phi) is 31.7. The van der Waals surface area contributed by atoms with Gasteiger partial charge in [-0.3, -0.25) is 4.79 Å². The Hall–Kier alpha value is -9.86. The Morgan fingerprint density at radius 1 is 0.489 bits per heavy atom. The summed E-state index contributed by atoms with van der Waals surface area (Å²) in [6.45, 7) is 14.6. The number of fused-ring (bicyclic) bond motifs is 2. The van der Waals surface area contributed by atoms with E-state index in [0.717, 1.165) is 51.9 Å². The Morgan fingerprint density at radius 3 is 1.25 bits per heavy atom. The number of carboxylic acid groups (broad SMARTS) is 1. The summed E-state index contributed by atoms with van der Waals surface area (Å²) in [5, 5.41) is 18.6. The van der Waals surface area contributed by atoms with E-state index in [1.807, 2.05) is 58.9 Å². The molecule has 0 bridgehead atoms. The number of benzene rings is 6. The summed E-state index contributed by atoms with van der Waals surface area (Å²) in [5.41, 5.74) is 7.04. The van der Waals surface area contributed by atoms with Crippen LogP contribution in [0.4, 0.5) is 0 Å². The van der Waals surface area contributed by atoms with E-state index in [9.17, 15) is 29.1 Å². The molecule has 2 aliphatic heterocycles. The van der Waals surface area contributed by atoms with Crippen molar-refractivity contribution in [2.24, 2.45) is 0 Å². The third-order valence-corrected chi connectivity index (χ3v) is 12.6. The highest BCUT2D eigenvalue weighted by atomic mass is 16.6. The molecule has 0 aromatic heterocycles. The highest BCUT2D eigenvalue weighted by Crippen LogP contribution is 2.36. The van der Waals surface area contributed by atoms with Crippen LogP contribution in [0.3, 0.4) is 0 Å².